The molecule has 0 spiro atoms. The van der Waals surface area contributed by atoms with Crippen LogP contribution in [0.5, 0.6) is 0 Å². The Morgan fingerprint density at radius 1 is 1.20 bits per heavy atom. The first-order chi connectivity index (χ1) is 7.14. The van der Waals surface area contributed by atoms with E-state index in [4.69, 9.17) is 4.74 Å². The topological polar surface area (TPSA) is 21.3 Å². The Balaban J connectivity index is 1.99. The minimum atomic E-state index is 0.529. The van der Waals surface area contributed by atoms with Gasteiger partial charge >= 0.3 is 0 Å². The van der Waals surface area contributed by atoms with Crippen molar-refractivity contribution in [2.75, 3.05) is 19.7 Å². The molecule has 0 aromatic carbocycles. The molecule has 0 bridgehead atoms. The lowest BCUT2D eigenvalue weighted by Crippen LogP contribution is -2.29. The lowest BCUT2D eigenvalue weighted by atomic mass is 9.76. The van der Waals surface area contributed by atoms with Gasteiger partial charge in [-0.2, -0.15) is 0 Å². The zero-order chi connectivity index (χ0) is 11.1. The van der Waals surface area contributed by atoms with E-state index in [2.05, 4.69) is 26.1 Å². The largest absolute Gasteiger partial charge is 0.377 e. The summed E-state index contributed by atoms with van der Waals surface area (Å²) >= 11 is 0. The molecule has 0 amide bonds. The average Bonchev–Trinajstić information content (AvgIpc) is 2.20. The summed E-state index contributed by atoms with van der Waals surface area (Å²) in [5, 5.41) is 3.37. The minimum Gasteiger partial charge on any atom is -0.377 e. The van der Waals surface area contributed by atoms with Crippen LogP contribution in [-0.4, -0.2) is 25.8 Å². The van der Waals surface area contributed by atoms with Crippen LogP contribution in [0, 0.1) is 5.41 Å². The number of ether oxygens (including phenoxy) is 1. The number of hydrogen-bond acceptors (Lipinski definition) is 2. The van der Waals surface area contributed by atoms with E-state index in [1.54, 1.807) is 0 Å². The lowest BCUT2D eigenvalue weighted by Gasteiger charge is -2.34. The van der Waals surface area contributed by atoms with Crippen molar-refractivity contribution in [1.82, 2.24) is 5.32 Å². The molecular weight excluding hydrogens is 186 g/mol. The molecule has 1 aliphatic rings. The molecule has 15 heavy (non-hydrogen) atoms. The van der Waals surface area contributed by atoms with E-state index in [9.17, 15) is 0 Å². The first-order valence-corrected chi connectivity index (χ1v) is 6.46. The summed E-state index contributed by atoms with van der Waals surface area (Å²) in [6, 6.07) is 0. The fraction of sp³-hybridized carbons (Fsp3) is 1.00. The second-order valence-electron chi connectivity index (χ2n) is 5.48. The van der Waals surface area contributed by atoms with Crippen molar-refractivity contribution in [2.45, 2.75) is 59.0 Å². The second kappa shape index (κ2) is 6.49. The summed E-state index contributed by atoms with van der Waals surface area (Å²) in [4.78, 5) is 0. The Labute approximate surface area is 94.8 Å². The average molecular weight is 213 g/mol. The van der Waals surface area contributed by atoms with Gasteiger partial charge in [0.1, 0.15) is 0 Å². The molecule has 0 radical (unpaired) electrons. The van der Waals surface area contributed by atoms with Crippen LogP contribution in [-0.2, 0) is 4.74 Å². The smallest absolute Gasteiger partial charge is 0.0594 e. The molecule has 0 saturated heterocycles. The van der Waals surface area contributed by atoms with Crippen LogP contribution in [0.1, 0.15) is 52.9 Å². The quantitative estimate of drug-likeness (QED) is 0.685. The third-order valence-corrected chi connectivity index (χ3v) is 3.35. The van der Waals surface area contributed by atoms with Crippen LogP contribution in [0.4, 0.5) is 0 Å². The third-order valence-electron chi connectivity index (χ3n) is 3.35. The van der Waals surface area contributed by atoms with Gasteiger partial charge in [0.05, 0.1) is 12.7 Å². The van der Waals surface area contributed by atoms with Crippen LogP contribution < -0.4 is 5.32 Å². The molecule has 1 saturated carbocycles. The Bertz CT molecular complexity index is 158. The molecule has 0 aliphatic heterocycles. The van der Waals surface area contributed by atoms with E-state index in [0.29, 0.717) is 11.5 Å². The summed E-state index contributed by atoms with van der Waals surface area (Å²) in [5.74, 6) is 0. The Morgan fingerprint density at radius 3 is 2.47 bits per heavy atom. The normalized spacial score (nSPS) is 21.8. The van der Waals surface area contributed by atoms with Crippen LogP contribution in [0.3, 0.4) is 0 Å². The molecule has 0 unspecified atom stereocenters. The van der Waals surface area contributed by atoms with E-state index >= 15 is 0 Å². The van der Waals surface area contributed by atoms with E-state index < -0.39 is 0 Å². The summed E-state index contributed by atoms with van der Waals surface area (Å²) in [6.45, 7) is 9.93. The predicted octanol–water partition coefficient (Wildman–Crippen LogP) is 2.97. The van der Waals surface area contributed by atoms with Gasteiger partial charge < -0.3 is 10.1 Å². The van der Waals surface area contributed by atoms with Crippen molar-refractivity contribution >= 4 is 0 Å². The lowest BCUT2D eigenvalue weighted by molar-refractivity contribution is 0.00608. The van der Waals surface area contributed by atoms with Crippen molar-refractivity contribution in [1.29, 1.82) is 0 Å². The van der Waals surface area contributed by atoms with Crippen molar-refractivity contribution < 1.29 is 4.74 Å². The van der Waals surface area contributed by atoms with Gasteiger partial charge in [-0.25, -0.2) is 0 Å². The van der Waals surface area contributed by atoms with E-state index in [1.165, 1.54) is 32.1 Å². The maximum Gasteiger partial charge on any atom is 0.0594 e. The Kier molecular flexibility index (Phi) is 5.62. The molecule has 1 aliphatic carbocycles. The molecule has 1 fully saturated rings. The van der Waals surface area contributed by atoms with Gasteiger partial charge in [0, 0.05) is 6.54 Å². The zero-order valence-electron chi connectivity index (χ0n) is 10.6. The highest BCUT2D eigenvalue weighted by molar-refractivity contribution is 4.78. The molecule has 90 valence electrons. The maximum absolute atomic E-state index is 5.86. The zero-order valence-corrected chi connectivity index (χ0v) is 10.6. The number of rotatable bonds is 6. The molecule has 2 nitrogen and oxygen atoms in total. The summed E-state index contributed by atoms with van der Waals surface area (Å²) in [5.41, 5.74) is 0.556. The highest BCUT2D eigenvalue weighted by Crippen LogP contribution is 2.35. The fourth-order valence-electron chi connectivity index (χ4n) is 2.14. The van der Waals surface area contributed by atoms with Crippen LogP contribution in [0.15, 0.2) is 0 Å². The highest BCUT2D eigenvalue weighted by Gasteiger charge is 2.26. The van der Waals surface area contributed by atoms with Crippen molar-refractivity contribution in [3.8, 4) is 0 Å². The van der Waals surface area contributed by atoms with Crippen LogP contribution >= 0.6 is 0 Å². The molecule has 0 atom stereocenters. The van der Waals surface area contributed by atoms with Crippen molar-refractivity contribution in [3.05, 3.63) is 0 Å². The maximum atomic E-state index is 5.86. The molecule has 1 rings (SSSR count). The standard InChI is InChI=1S/C13H27NO/c1-4-9-14-10-11-15-12-5-7-13(2,3)8-6-12/h12,14H,4-11H2,1-3H3. The van der Waals surface area contributed by atoms with Crippen LogP contribution in [0.2, 0.25) is 0 Å². The van der Waals surface area contributed by atoms with E-state index in [-0.39, 0.29) is 0 Å². The molecule has 0 aromatic heterocycles. The van der Waals surface area contributed by atoms with Crippen molar-refractivity contribution in [3.63, 3.8) is 0 Å². The first kappa shape index (κ1) is 13.0. The fourth-order valence-corrected chi connectivity index (χ4v) is 2.14. The van der Waals surface area contributed by atoms with Gasteiger partial charge in [-0.05, 0) is 44.1 Å². The van der Waals surface area contributed by atoms with Gasteiger partial charge in [-0.3, -0.25) is 0 Å². The van der Waals surface area contributed by atoms with E-state index in [1.807, 2.05) is 0 Å². The Hall–Kier alpha value is -0.0800. The first-order valence-electron chi connectivity index (χ1n) is 6.46. The van der Waals surface area contributed by atoms with E-state index in [0.717, 1.165) is 19.7 Å². The minimum absolute atomic E-state index is 0.529. The van der Waals surface area contributed by atoms with Crippen molar-refractivity contribution in [2.24, 2.45) is 5.41 Å². The van der Waals surface area contributed by atoms with Gasteiger partial charge in [0.15, 0.2) is 0 Å². The molecule has 0 aromatic rings. The number of nitrogens with one attached hydrogen (secondary N) is 1. The van der Waals surface area contributed by atoms with Gasteiger partial charge in [0.25, 0.3) is 0 Å². The monoisotopic (exact) mass is 213 g/mol. The summed E-state index contributed by atoms with van der Waals surface area (Å²) < 4.78 is 5.86. The van der Waals surface area contributed by atoms with Crippen LogP contribution in [0.25, 0.3) is 0 Å². The molecular formula is C13H27NO. The molecule has 0 heterocycles. The molecule has 1 N–H and O–H groups in total. The summed E-state index contributed by atoms with van der Waals surface area (Å²) in [7, 11) is 0. The van der Waals surface area contributed by atoms with Gasteiger partial charge in [-0.1, -0.05) is 20.8 Å². The predicted molar refractivity (Wildman–Crippen MR) is 65.1 cm³/mol. The molecule has 2 heteroatoms. The van der Waals surface area contributed by atoms with Gasteiger partial charge in [0.2, 0.25) is 0 Å². The van der Waals surface area contributed by atoms with Gasteiger partial charge in [-0.15, -0.1) is 0 Å². The second-order valence-corrected chi connectivity index (χ2v) is 5.48. The number of hydrogen-bond donors (Lipinski definition) is 1. The Morgan fingerprint density at radius 2 is 1.87 bits per heavy atom. The third kappa shape index (κ3) is 5.53. The summed E-state index contributed by atoms with van der Waals surface area (Å²) in [6.07, 6.45) is 6.88. The highest BCUT2D eigenvalue weighted by atomic mass is 16.5. The SMILES string of the molecule is CCCNCCOC1CCC(C)(C)CC1.